The van der Waals surface area contributed by atoms with Gasteiger partial charge in [0.15, 0.2) is 11.5 Å². The van der Waals surface area contributed by atoms with Gasteiger partial charge in [0.05, 0.1) is 16.5 Å². The Bertz CT molecular complexity index is 411. The third kappa shape index (κ3) is 2.13. The summed E-state index contributed by atoms with van der Waals surface area (Å²) in [5, 5.41) is 3.02. The first-order valence-corrected chi connectivity index (χ1v) is 5.21. The number of halogens is 1. The number of carbonyl (C=O) groups excluding carboxylic acids is 1. The molecule has 0 saturated carbocycles. The fraction of sp³-hybridized carbons (Fsp3) is 0.222. The van der Waals surface area contributed by atoms with Gasteiger partial charge in [-0.05, 0) is 0 Å². The number of carbonyl (C=O) groups is 1. The molecule has 1 N–H and O–H groups in total. The molecule has 2 rings (SSSR count). The van der Waals surface area contributed by atoms with Crippen LogP contribution in [0, 0.1) is 0 Å². The lowest BCUT2D eigenvalue weighted by atomic mass is 10.2. The lowest BCUT2D eigenvalue weighted by Crippen LogP contribution is -2.12. The lowest BCUT2D eigenvalue weighted by molar-refractivity contribution is -0.113. The molecule has 1 aromatic rings. The van der Waals surface area contributed by atoms with E-state index in [2.05, 4.69) is 17.9 Å². The van der Waals surface area contributed by atoms with E-state index in [9.17, 15) is 4.79 Å². The summed E-state index contributed by atoms with van der Waals surface area (Å²) in [6.07, 6.45) is 0. The van der Waals surface area contributed by atoms with Gasteiger partial charge in [-0.25, -0.2) is 0 Å². The summed E-state index contributed by atoms with van der Waals surface area (Å²) in [4.78, 5) is 11.1. The van der Waals surface area contributed by atoms with Crippen molar-refractivity contribution in [3.63, 3.8) is 0 Å². The molecule has 4 nitrogen and oxygen atoms in total. The van der Waals surface area contributed by atoms with E-state index < -0.39 is 0 Å². The normalized spacial score (nSPS) is 12.7. The third-order valence-electron chi connectivity index (χ3n) is 1.88. The molecule has 1 aliphatic rings. The van der Waals surface area contributed by atoms with Crippen molar-refractivity contribution >= 4 is 35.8 Å². The number of ether oxygens (including phenoxy) is 2. The van der Waals surface area contributed by atoms with Crippen molar-refractivity contribution in [3.8, 4) is 11.5 Å². The number of thiol groups is 1. The van der Waals surface area contributed by atoms with Crippen LogP contribution in [0.4, 0.5) is 5.69 Å². The van der Waals surface area contributed by atoms with E-state index in [0.29, 0.717) is 22.2 Å². The van der Waals surface area contributed by atoms with E-state index in [1.165, 1.54) is 0 Å². The van der Waals surface area contributed by atoms with Crippen molar-refractivity contribution in [1.29, 1.82) is 0 Å². The van der Waals surface area contributed by atoms with E-state index in [0.717, 1.165) is 0 Å². The topological polar surface area (TPSA) is 47.6 Å². The highest BCUT2D eigenvalue weighted by atomic mass is 35.5. The Labute approximate surface area is 96.9 Å². The van der Waals surface area contributed by atoms with Crippen LogP contribution in [-0.2, 0) is 4.79 Å². The summed E-state index contributed by atoms with van der Waals surface area (Å²) >= 11 is 9.78. The minimum absolute atomic E-state index is 0.102. The smallest absolute Gasteiger partial charge is 0.234 e. The Kier molecular flexibility index (Phi) is 2.93. The van der Waals surface area contributed by atoms with Crippen LogP contribution in [0.3, 0.4) is 0 Å². The standard InChI is InChI=1S/C9H8ClNO3S/c10-5-1-7-8(14-4-13-7)2-6(5)11-9(12)3-15/h1-2,15H,3-4H2,(H,11,12). The molecule has 0 atom stereocenters. The van der Waals surface area contributed by atoms with Gasteiger partial charge >= 0.3 is 0 Å². The first kappa shape index (κ1) is 10.4. The molecule has 0 saturated heterocycles. The van der Waals surface area contributed by atoms with Gasteiger partial charge in [-0.15, -0.1) is 0 Å². The molecule has 1 amide bonds. The van der Waals surface area contributed by atoms with E-state index in [1.54, 1.807) is 12.1 Å². The number of benzene rings is 1. The van der Waals surface area contributed by atoms with Crippen LogP contribution in [0.1, 0.15) is 0 Å². The van der Waals surface area contributed by atoms with Crippen LogP contribution < -0.4 is 14.8 Å². The molecular formula is C9H8ClNO3S. The van der Waals surface area contributed by atoms with Gasteiger partial charge in [-0.1, -0.05) is 11.6 Å². The first-order valence-electron chi connectivity index (χ1n) is 4.20. The Hall–Kier alpha value is -1.07. The van der Waals surface area contributed by atoms with Crippen LogP contribution in [-0.4, -0.2) is 18.5 Å². The second-order valence-electron chi connectivity index (χ2n) is 2.89. The van der Waals surface area contributed by atoms with Gasteiger partial charge in [-0.3, -0.25) is 4.79 Å². The molecule has 0 spiro atoms. The second-order valence-corrected chi connectivity index (χ2v) is 3.62. The highest BCUT2D eigenvalue weighted by Gasteiger charge is 2.17. The number of hydrogen-bond donors (Lipinski definition) is 2. The zero-order chi connectivity index (χ0) is 10.8. The van der Waals surface area contributed by atoms with Gasteiger partial charge in [0.2, 0.25) is 12.7 Å². The van der Waals surface area contributed by atoms with E-state index in [1.807, 2.05) is 0 Å². The van der Waals surface area contributed by atoms with E-state index in [-0.39, 0.29) is 18.5 Å². The average molecular weight is 246 g/mol. The molecule has 0 fully saturated rings. The summed E-state index contributed by atoms with van der Waals surface area (Å²) in [5.74, 6) is 1.04. The maximum Gasteiger partial charge on any atom is 0.234 e. The van der Waals surface area contributed by atoms with Gasteiger partial charge in [0.25, 0.3) is 0 Å². The molecule has 0 aliphatic carbocycles. The molecule has 1 heterocycles. The Morgan fingerprint density at radius 2 is 2.13 bits per heavy atom. The first-order chi connectivity index (χ1) is 7.20. The number of anilines is 1. The van der Waals surface area contributed by atoms with Crippen molar-refractivity contribution in [2.75, 3.05) is 17.9 Å². The zero-order valence-corrected chi connectivity index (χ0v) is 9.27. The Morgan fingerprint density at radius 1 is 1.47 bits per heavy atom. The Balaban J connectivity index is 2.28. The van der Waals surface area contributed by atoms with Gasteiger partial charge in [-0.2, -0.15) is 12.6 Å². The number of fused-ring (bicyclic) bond motifs is 1. The summed E-state index contributed by atoms with van der Waals surface area (Å²) in [7, 11) is 0. The highest BCUT2D eigenvalue weighted by Crippen LogP contribution is 2.39. The van der Waals surface area contributed by atoms with Crippen LogP contribution in [0.2, 0.25) is 5.02 Å². The van der Waals surface area contributed by atoms with E-state index in [4.69, 9.17) is 21.1 Å². The van der Waals surface area contributed by atoms with Crippen LogP contribution in [0.25, 0.3) is 0 Å². The summed E-state index contributed by atoms with van der Waals surface area (Å²) in [5.41, 5.74) is 0.500. The predicted molar refractivity (Wildman–Crippen MR) is 60.1 cm³/mol. The van der Waals surface area contributed by atoms with Crippen molar-refractivity contribution in [2.45, 2.75) is 0 Å². The SMILES string of the molecule is O=C(CS)Nc1cc2c(cc1Cl)OCO2. The van der Waals surface area contributed by atoms with Crippen molar-refractivity contribution in [1.82, 2.24) is 0 Å². The lowest BCUT2D eigenvalue weighted by Gasteiger charge is -2.06. The third-order valence-corrected chi connectivity index (χ3v) is 2.48. The van der Waals surface area contributed by atoms with Gasteiger partial charge in [0.1, 0.15) is 0 Å². The summed E-state index contributed by atoms with van der Waals surface area (Å²) in [6.45, 7) is 0.176. The molecule has 80 valence electrons. The quantitative estimate of drug-likeness (QED) is 0.783. The molecule has 6 heteroatoms. The van der Waals surface area contributed by atoms with Crippen molar-refractivity contribution in [3.05, 3.63) is 17.2 Å². The molecular weight excluding hydrogens is 238 g/mol. The number of nitrogens with one attached hydrogen (secondary N) is 1. The van der Waals surface area contributed by atoms with Crippen molar-refractivity contribution in [2.24, 2.45) is 0 Å². The van der Waals surface area contributed by atoms with Gasteiger partial charge < -0.3 is 14.8 Å². The largest absolute Gasteiger partial charge is 0.454 e. The fourth-order valence-corrected chi connectivity index (χ4v) is 1.48. The summed E-state index contributed by atoms with van der Waals surface area (Å²) < 4.78 is 10.3. The average Bonchev–Trinajstić information content (AvgIpc) is 2.65. The fourth-order valence-electron chi connectivity index (χ4n) is 1.20. The molecule has 0 aromatic heterocycles. The minimum atomic E-state index is -0.223. The molecule has 1 aliphatic heterocycles. The Morgan fingerprint density at radius 3 is 2.80 bits per heavy atom. The molecule has 1 aromatic carbocycles. The minimum Gasteiger partial charge on any atom is -0.454 e. The second kappa shape index (κ2) is 4.20. The monoisotopic (exact) mass is 245 g/mol. The number of hydrogen-bond acceptors (Lipinski definition) is 4. The molecule has 15 heavy (non-hydrogen) atoms. The maximum absolute atomic E-state index is 11.1. The predicted octanol–water partition coefficient (Wildman–Crippen LogP) is 1.94. The molecule has 0 bridgehead atoms. The number of amides is 1. The molecule has 0 radical (unpaired) electrons. The van der Waals surface area contributed by atoms with Crippen LogP contribution >= 0.6 is 24.2 Å². The highest BCUT2D eigenvalue weighted by molar-refractivity contribution is 7.81. The zero-order valence-electron chi connectivity index (χ0n) is 7.62. The molecule has 0 unspecified atom stereocenters. The summed E-state index contributed by atoms with van der Waals surface area (Å²) in [6, 6.07) is 3.24. The van der Waals surface area contributed by atoms with E-state index >= 15 is 0 Å². The van der Waals surface area contributed by atoms with Crippen LogP contribution in [0.5, 0.6) is 11.5 Å². The van der Waals surface area contributed by atoms with Gasteiger partial charge in [0, 0.05) is 12.1 Å². The van der Waals surface area contributed by atoms with Crippen molar-refractivity contribution < 1.29 is 14.3 Å². The maximum atomic E-state index is 11.1. The number of rotatable bonds is 2. The van der Waals surface area contributed by atoms with Crippen LogP contribution in [0.15, 0.2) is 12.1 Å².